The molecule has 0 aromatic carbocycles. The minimum absolute atomic E-state index is 0.403. The van der Waals surface area contributed by atoms with Crippen LogP contribution in [-0.4, -0.2) is 10.1 Å². The lowest BCUT2D eigenvalue weighted by atomic mass is 10.3. The summed E-state index contributed by atoms with van der Waals surface area (Å²) in [6, 6.07) is 1.20. The Bertz CT molecular complexity index is 308. The Morgan fingerprint density at radius 1 is 1.58 bits per heavy atom. The van der Waals surface area contributed by atoms with Crippen LogP contribution < -0.4 is 0 Å². The second-order valence-electron chi connectivity index (χ2n) is 1.97. The number of hydrogen-bond donors (Lipinski definition) is 1. The van der Waals surface area contributed by atoms with Crippen molar-refractivity contribution in [2.75, 3.05) is 0 Å². The summed E-state index contributed by atoms with van der Waals surface area (Å²) in [6.07, 6.45) is -2.74. The third-order valence-corrected chi connectivity index (χ3v) is 3.32. The van der Waals surface area contributed by atoms with Gasteiger partial charge >= 0.3 is 0 Å². The van der Waals surface area contributed by atoms with E-state index in [1.165, 1.54) is 6.07 Å². The molecule has 0 aliphatic rings. The molecule has 0 amide bonds. The molecule has 6 heteroatoms. The van der Waals surface area contributed by atoms with Gasteiger partial charge in [0.15, 0.2) is 0 Å². The van der Waals surface area contributed by atoms with Crippen molar-refractivity contribution in [3.63, 3.8) is 0 Å². The number of rotatable bonds is 1. The first-order valence-corrected chi connectivity index (χ1v) is 4.72. The lowest BCUT2D eigenvalue weighted by molar-refractivity contribution is 0.141. The minimum atomic E-state index is -2.74. The van der Waals surface area contributed by atoms with E-state index in [9.17, 15) is 8.78 Å². The molecule has 1 heterocycles. The zero-order chi connectivity index (χ0) is 9.30. The van der Waals surface area contributed by atoms with E-state index in [4.69, 9.17) is 5.11 Å². The number of alkyl halides is 2. The third-order valence-electron chi connectivity index (χ3n) is 1.15. The summed E-state index contributed by atoms with van der Waals surface area (Å²) in [5.74, 6) is -0.489. The van der Waals surface area contributed by atoms with Crippen molar-refractivity contribution in [2.24, 2.45) is 0 Å². The maximum Gasteiger partial charge on any atom is 0.284 e. The van der Waals surface area contributed by atoms with Gasteiger partial charge in [-0.1, -0.05) is 0 Å². The molecule has 2 nitrogen and oxygen atoms in total. The second kappa shape index (κ2) is 3.82. The fraction of sp³-hybridized carbons (Fsp3) is 0.167. The second-order valence-corrected chi connectivity index (χ2v) is 3.84. The van der Waals surface area contributed by atoms with E-state index in [2.05, 4.69) is 20.9 Å². The topological polar surface area (TPSA) is 33.1 Å². The summed E-state index contributed by atoms with van der Waals surface area (Å²) >= 11 is 4.85. The fourth-order valence-corrected chi connectivity index (χ4v) is 1.35. The molecule has 0 unspecified atom stereocenters. The molecule has 66 valence electrons. The Kier molecular flexibility index (Phi) is 3.22. The first kappa shape index (κ1) is 10.1. The van der Waals surface area contributed by atoms with Crippen LogP contribution in [0.2, 0.25) is 0 Å². The first-order valence-electron chi connectivity index (χ1n) is 2.85. The summed E-state index contributed by atoms with van der Waals surface area (Å²) in [5.41, 5.74) is -0.581. The molecule has 1 aromatic heterocycles. The summed E-state index contributed by atoms with van der Waals surface area (Å²) in [7, 11) is 0. The Labute approximate surface area is 89.3 Å². The highest BCUT2D eigenvalue weighted by atomic mass is 127. The summed E-state index contributed by atoms with van der Waals surface area (Å²) in [4.78, 5) is 3.51. The Hall–Kier alpha value is 0.0200. The van der Waals surface area contributed by atoms with Gasteiger partial charge in [-0.2, -0.15) is 0 Å². The van der Waals surface area contributed by atoms with Crippen molar-refractivity contribution in [2.45, 2.75) is 6.43 Å². The Balaban J connectivity index is 3.23. The maximum atomic E-state index is 12.1. The molecule has 0 aliphatic carbocycles. The third kappa shape index (κ3) is 2.03. The van der Waals surface area contributed by atoms with Gasteiger partial charge in [0.25, 0.3) is 6.43 Å². The van der Waals surface area contributed by atoms with Crippen LogP contribution in [0.5, 0.6) is 5.75 Å². The van der Waals surface area contributed by atoms with E-state index in [0.717, 1.165) is 0 Å². The van der Waals surface area contributed by atoms with E-state index in [1.54, 1.807) is 22.6 Å². The van der Waals surface area contributed by atoms with Gasteiger partial charge in [0.05, 0.1) is 4.47 Å². The van der Waals surface area contributed by atoms with E-state index in [-0.39, 0.29) is 0 Å². The predicted octanol–water partition coefficient (Wildman–Crippen LogP) is 3.09. The van der Waals surface area contributed by atoms with Crippen molar-refractivity contribution in [1.82, 2.24) is 4.98 Å². The number of aromatic hydroxyl groups is 1. The molecule has 1 aromatic rings. The molecule has 1 rings (SSSR count). The number of aromatic nitrogens is 1. The molecular formula is C6H3BrF2INO. The minimum Gasteiger partial charge on any atom is -0.506 e. The maximum absolute atomic E-state index is 12.1. The molecule has 12 heavy (non-hydrogen) atoms. The van der Waals surface area contributed by atoms with E-state index >= 15 is 0 Å². The summed E-state index contributed by atoms with van der Waals surface area (Å²) < 4.78 is 25.1. The van der Waals surface area contributed by atoms with Gasteiger partial charge in [0.2, 0.25) is 0 Å². The van der Waals surface area contributed by atoms with Crippen molar-refractivity contribution < 1.29 is 13.9 Å². The van der Waals surface area contributed by atoms with Gasteiger partial charge in [0.1, 0.15) is 15.1 Å². The van der Waals surface area contributed by atoms with Gasteiger partial charge in [-0.25, -0.2) is 13.8 Å². The molecule has 0 saturated heterocycles. The predicted molar refractivity (Wildman–Crippen MR) is 51.3 cm³/mol. The molecule has 0 radical (unpaired) electrons. The quantitative estimate of drug-likeness (QED) is 0.624. The first-order chi connectivity index (χ1) is 5.52. The van der Waals surface area contributed by atoms with Crippen LogP contribution in [-0.2, 0) is 0 Å². The molecular weight excluding hydrogens is 347 g/mol. The molecule has 0 atom stereocenters. The average molecular weight is 350 g/mol. The van der Waals surface area contributed by atoms with Gasteiger partial charge in [-0.05, 0) is 44.6 Å². The van der Waals surface area contributed by atoms with Gasteiger partial charge in [0, 0.05) is 0 Å². The van der Waals surface area contributed by atoms with Crippen LogP contribution in [0.4, 0.5) is 8.78 Å². The highest BCUT2D eigenvalue weighted by Gasteiger charge is 2.16. The zero-order valence-electron chi connectivity index (χ0n) is 5.56. The van der Waals surface area contributed by atoms with Crippen LogP contribution in [0.15, 0.2) is 10.5 Å². The lowest BCUT2D eigenvalue weighted by Crippen LogP contribution is -1.93. The number of pyridine rings is 1. The highest BCUT2D eigenvalue weighted by molar-refractivity contribution is 14.1. The standard InChI is InChI=1S/C6H3BrF2INO/c7-2-1-3(12)4(5(8)9)11-6(2)10/h1,5,12H. The van der Waals surface area contributed by atoms with Crippen LogP contribution in [0.1, 0.15) is 12.1 Å². The number of nitrogens with zero attached hydrogens (tertiary/aromatic N) is 1. The Morgan fingerprint density at radius 3 is 2.67 bits per heavy atom. The van der Waals surface area contributed by atoms with Gasteiger partial charge < -0.3 is 5.11 Å². The van der Waals surface area contributed by atoms with Gasteiger partial charge in [-0.15, -0.1) is 0 Å². The van der Waals surface area contributed by atoms with E-state index in [0.29, 0.717) is 8.17 Å². The SMILES string of the molecule is Oc1cc(Br)c(I)nc1C(F)F. The van der Waals surface area contributed by atoms with Gasteiger partial charge in [-0.3, -0.25) is 0 Å². The monoisotopic (exact) mass is 349 g/mol. The number of hydrogen-bond acceptors (Lipinski definition) is 2. The molecule has 0 aliphatic heterocycles. The molecule has 1 N–H and O–H groups in total. The van der Waals surface area contributed by atoms with Crippen molar-refractivity contribution in [3.05, 3.63) is 19.9 Å². The van der Waals surface area contributed by atoms with Crippen LogP contribution >= 0.6 is 38.5 Å². The smallest absolute Gasteiger partial charge is 0.284 e. The lowest BCUT2D eigenvalue weighted by Gasteiger charge is -2.03. The summed E-state index contributed by atoms with van der Waals surface area (Å²) in [5, 5.41) is 9.01. The van der Waals surface area contributed by atoms with Crippen molar-refractivity contribution in [3.8, 4) is 5.75 Å². The normalized spacial score (nSPS) is 10.8. The van der Waals surface area contributed by atoms with Crippen molar-refractivity contribution >= 4 is 38.5 Å². The molecule has 0 fully saturated rings. The number of halogens is 4. The van der Waals surface area contributed by atoms with Crippen molar-refractivity contribution in [1.29, 1.82) is 0 Å². The summed E-state index contributed by atoms with van der Waals surface area (Å²) in [6.45, 7) is 0. The zero-order valence-corrected chi connectivity index (χ0v) is 9.30. The van der Waals surface area contributed by atoms with Crippen LogP contribution in [0.3, 0.4) is 0 Å². The molecule has 0 bridgehead atoms. The van der Waals surface area contributed by atoms with E-state index < -0.39 is 17.9 Å². The average Bonchev–Trinajstić information content (AvgIpc) is 1.96. The molecule has 0 saturated carbocycles. The fourth-order valence-electron chi connectivity index (χ4n) is 0.631. The van der Waals surface area contributed by atoms with E-state index in [1.807, 2.05) is 0 Å². The van der Waals surface area contributed by atoms with Crippen LogP contribution in [0.25, 0.3) is 0 Å². The van der Waals surface area contributed by atoms with Crippen LogP contribution in [0, 0.1) is 3.70 Å². The largest absolute Gasteiger partial charge is 0.506 e. The highest BCUT2D eigenvalue weighted by Crippen LogP contribution is 2.30. The molecule has 0 spiro atoms. The Morgan fingerprint density at radius 2 is 2.17 bits per heavy atom.